The zero-order chi connectivity index (χ0) is 9.78. The van der Waals surface area contributed by atoms with Crippen LogP contribution in [-0.2, 0) is 19.1 Å². The lowest BCUT2D eigenvalue weighted by atomic mass is 10.4. The Kier molecular flexibility index (Phi) is 4.46. The first-order valence-corrected chi connectivity index (χ1v) is 4.65. The first-order valence-electron chi connectivity index (χ1n) is 2.74. The third-order valence-corrected chi connectivity index (χ3v) is 3.10. The van der Waals surface area contributed by atoms with Crippen LogP contribution in [0.15, 0.2) is 0 Å². The maximum absolute atomic E-state index is 10.7. The first kappa shape index (κ1) is 11.6. The Morgan fingerprint density at radius 2 is 2.08 bits per heavy atom. The van der Waals surface area contributed by atoms with Gasteiger partial charge in [-0.25, -0.2) is 0 Å². The van der Waals surface area contributed by atoms with Gasteiger partial charge in [-0.1, -0.05) is 11.6 Å². The molecule has 0 rings (SSSR count). The van der Waals surface area contributed by atoms with E-state index >= 15 is 0 Å². The van der Waals surface area contributed by atoms with E-state index in [1.807, 2.05) is 0 Å². The summed E-state index contributed by atoms with van der Waals surface area (Å²) >= 11 is 5.12. The lowest BCUT2D eigenvalue weighted by molar-refractivity contribution is -0.120. The predicted octanol–water partition coefficient (Wildman–Crippen LogP) is -1.59. The van der Waals surface area contributed by atoms with Gasteiger partial charge in [0.05, 0.1) is 6.61 Å². The summed E-state index contributed by atoms with van der Waals surface area (Å²) < 4.78 is 23.1. The van der Waals surface area contributed by atoms with Crippen molar-refractivity contribution in [3.05, 3.63) is 0 Å². The van der Waals surface area contributed by atoms with Crippen LogP contribution in [0.1, 0.15) is 0 Å². The Balaban J connectivity index is 4.45. The molecule has 6 nitrogen and oxygen atoms in total. The van der Waals surface area contributed by atoms with Gasteiger partial charge >= 0.3 is 16.6 Å². The van der Waals surface area contributed by atoms with Crippen molar-refractivity contribution in [1.82, 2.24) is 0 Å². The zero-order valence-electron chi connectivity index (χ0n) is 5.75. The number of halogens is 1. The summed E-state index contributed by atoms with van der Waals surface area (Å²) in [6, 6.07) is 0. The molecule has 0 saturated carbocycles. The highest BCUT2D eigenvalue weighted by atomic mass is 35.5. The van der Waals surface area contributed by atoms with Gasteiger partial charge in [-0.15, -0.1) is 0 Å². The SMILES string of the molecule is O=COS(=O)(=O)C(Cl)C(O)CO. The molecule has 0 aliphatic carbocycles. The van der Waals surface area contributed by atoms with Gasteiger partial charge in [0.1, 0.15) is 6.10 Å². The quantitative estimate of drug-likeness (QED) is 0.328. The molecule has 0 aliphatic rings. The molecule has 0 aromatic rings. The van der Waals surface area contributed by atoms with Crippen molar-refractivity contribution in [3.8, 4) is 0 Å². The maximum atomic E-state index is 10.7. The minimum Gasteiger partial charge on any atom is -0.394 e. The van der Waals surface area contributed by atoms with E-state index < -0.39 is 27.5 Å². The minimum absolute atomic E-state index is 0.325. The number of aliphatic hydroxyl groups excluding tert-OH is 2. The van der Waals surface area contributed by atoms with Gasteiger partial charge in [0.25, 0.3) is 0 Å². The number of hydrogen-bond donors (Lipinski definition) is 2. The van der Waals surface area contributed by atoms with Crippen molar-refractivity contribution in [2.45, 2.75) is 10.8 Å². The number of rotatable bonds is 5. The van der Waals surface area contributed by atoms with Crippen LogP contribution in [0.25, 0.3) is 0 Å². The van der Waals surface area contributed by atoms with E-state index in [4.69, 9.17) is 21.8 Å². The lowest BCUT2D eigenvalue weighted by Gasteiger charge is -2.12. The lowest BCUT2D eigenvalue weighted by Crippen LogP contribution is -2.33. The molecule has 2 N–H and O–H groups in total. The van der Waals surface area contributed by atoms with E-state index in [0.29, 0.717) is 0 Å². The smallest absolute Gasteiger partial charge is 0.331 e. The molecular formula is C4H7ClO6S. The molecule has 0 aromatic carbocycles. The summed E-state index contributed by atoms with van der Waals surface area (Å²) in [5, 5.41) is 17.0. The van der Waals surface area contributed by atoms with Crippen LogP contribution in [0, 0.1) is 0 Å². The number of carbonyl (C=O) groups is 1. The van der Waals surface area contributed by atoms with Crippen molar-refractivity contribution in [2.75, 3.05) is 6.61 Å². The molecule has 8 heteroatoms. The van der Waals surface area contributed by atoms with Gasteiger partial charge < -0.3 is 14.4 Å². The van der Waals surface area contributed by atoms with Crippen molar-refractivity contribution in [1.29, 1.82) is 0 Å². The van der Waals surface area contributed by atoms with Gasteiger partial charge in [0.2, 0.25) is 0 Å². The zero-order valence-corrected chi connectivity index (χ0v) is 7.33. The number of alkyl halides is 1. The Bertz CT molecular complexity index is 236. The van der Waals surface area contributed by atoms with E-state index in [1.54, 1.807) is 0 Å². The highest BCUT2D eigenvalue weighted by Gasteiger charge is 2.31. The van der Waals surface area contributed by atoms with Crippen LogP contribution in [-0.4, -0.2) is 42.5 Å². The summed E-state index contributed by atoms with van der Waals surface area (Å²) in [4.78, 5) is 9.63. The van der Waals surface area contributed by atoms with Crippen LogP contribution in [0.3, 0.4) is 0 Å². The Morgan fingerprint density at radius 1 is 1.58 bits per heavy atom. The second-order valence-electron chi connectivity index (χ2n) is 1.79. The molecule has 0 aromatic heterocycles. The molecule has 0 amide bonds. The third-order valence-electron chi connectivity index (χ3n) is 0.939. The molecular weight excluding hydrogens is 212 g/mol. The highest BCUT2D eigenvalue weighted by Crippen LogP contribution is 2.12. The highest BCUT2D eigenvalue weighted by molar-refractivity contribution is 7.89. The molecule has 0 aliphatic heterocycles. The summed E-state index contributed by atoms with van der Waals surface area (Å²) in [5.41, 5.74) is 0. The van der Waals surface area contributed by atoms with Crippen molar-refractivity contribution >= 4 is 28.2 Å². The van der Waals surface area contributed by atoms with E-state index in [1.165, 1.54) is 0 Å². The molecule has 0 bridgehead atoms. The fraction of sp³-hybridized carbons (Fsp3) is 0.750. The molecule has 0 heterocycles. The summed E-state index contributed by atoms with van der Waals surface area (Å²) in [5.74, 6) is 0. The topological polar surface area (TPSA) is 101 Å². The van der Waals surface area contributed by atoms with Crippen molar-refractivity contribution in [2.24, 2.45) is 0 Å². The van der Waals surface area contributed by atoms with E-state index in [2.05, 4.69) is 4.18 Å². The van der Waals surface area contributed by atoms with Gasteiger partial charge in [-0.3, -0.25) is 4.79 Å². The van der Waals surface area contributed by atoms with E-state index in [0.717, 1.165) is 0 Å². The largest absolute Gasteiger partial charge is 0.394 e. The van der Waals surface area contributed by atoms with E-state index in [9.17, 15) is 13.2 Å². The molecule has 2 atom stereocenters. The fourth-order valence-electron chi connectivity index (χ4n) is 0.383. The van der Waals surface area contributed by atoms with Crippen molar-refractivity contribution in [3.63, 3.8) is 0 Å². The average Bonchev–Trinajstić information content (AvgIpc) is 2.01. The molecule has 2 unspecified atom stereocenters. The van der Waals surface area contributed by atoms with Crippen molar-refractivity contribution < 1.29 is 27.6 Å². The van der Waals surface area contributed by atoms with Crippen LogP contribution >= 0.6 is 11.6 Å². The summed E-state index contributed by atoms with van der Waals surface area (Å²) in [6.45, 7) is -1.16. The van der Waals surface area contributed by atoms with Gasteiger partial charge in [-0.2, -0.15) is 8.42 Å². The Morgan fingerprint density at radius 3 is 2.42 bits per heavy atom. The first-order chi connectivity index (χ1) is 5.45. The summed E-state index contributed by atoms with van der Waals surface area (Å²) in [7, 11) is -4.33. The second kappa shape index (κ2) is 4.61. The molecule has 72 valence electrons. The molecule has 0 saturated heterocycles. The standard InChI is InChI=1S/C4H7ClO6S/c5-4(3(8)1-6)12(9,10)11-2-7/h2-4,6,8H,1H2. The number of carbonyl (C=O) groups excluding carboxylic acids is 1. The minimum atomic E-state index is -4.33. The molecule has 0 spiro atoms. The van der Waals surface area contributed by atoms with Gasteiger partial charge in [0.15, 0.2) is 4.71 Å². The molecule has 12 heavy (non-hydrogen) atoms. The maximum Gasteiger partial charge on any atom is 0.331 e. The summed E-state index contributed by atoms with van der Waals surface area (Å²) in [6.07, 6.45) is -1.68. The van der Waals surface area contributed by atoms with E-state index in [-0.39, 0.29) is 6.47 Å². The number of hydrogen-bond acceptors (Lipinski definition) is 6. The predicted molar refractivity (Wildman–Crippen MR) is 38.8 cm³/mol. The van der Waals surface area contributed by atoms with Gasteiger partial charge in [0, 0.05) is 0 Å². The normalized spacial score (nSPS) is 16.6. The van der Waals surface area contributed by atoms with Crippen LogP contribution < -0.4 is 0 Å². The third kappa shape index (κ3) is 2.94. The monoisotopic (exact) mass is 218 g/mol. The van der Waals surface area contributed by atoms with Crippen LogP contribution in [0.5, 0.6) is 0 Å². The van der Waals surface area contributed by atoms with Crippen LogP contribution in [0.4, 0.5) is 0 Å². The second-order valence-corrected chi connectivity index (χ2v) is 4.20. The molecule has 0 radical (unpaired) electrons. The fourth-order valence-corrected chi connectivity index (χ4v) is 1.28. The molecule has 0 fully saturated rings. The Labute approximate surface area is 73.8 Å². The van der Waals surface area contributed by atoms with Crippen LogP contribution in [0.2, 0.25) is 0 Å². The Hall–Kier alpha value is -0.370. The average molecular weight is 219 g/mol. The van der Waals surface area contributed by atoms with Gasteiger partial charge in [-0.05, 0) is 0 Å². The number of aliphatic hydroxyl groups is 2.